The Labute approximate surface area is 150 Å². The number of aryl methyl sites for hydroxylation is 1. The molecule has 0 radical (unpaired) electrons. The van der Waals surface area contributed by atoms with Crippen LogP contribution in [0.15, 0.2) is 58.9 Å². The van der Waals surface area contributed by atoms with Gasteiger partial charge in [0.1, 0.15) is 5.75 Å². The van der Waals surface area contributed by atoms with Gasteiger partial charge < -0.3 is 4.74 Å². The Balaban J connectivity index is 1.57. The second-order valence-corrected chi connectivity index (χ2v) is 6.39. The van der Waals surface area contributed by atoms with Crippen molar-refractivity contribution < 1.29 is 14.3 Å². The summed E-state index contributed by atoms with van der Waals surface area (Å²) in [6, 6.07) is 13.3. The summed E-state index contributed by atoms with van der Waals surface area (Å²) >= 11 is 0. The quantitative estimate of drug-likeness (QED) is 0.794. The lowest BCUT2D eigenvalue weighted by atomic mass is 10.1. The zero-order chi connectivity index (χ0) is 18.3. The van der Waals surface area contributed by atoms with E-state index in [1.54, 1.807) is 36.4 Å². The van der Waals surface area contributed by atoms with Crippen molar-refractivity contribution in [2.75, 3.05) is 12.0 Å². The summed E-state index contributed by atoms with van der Waals surface area (Å²) in [4.78, 5) is 26.8. The van der Waals surface area contributed by atoms with E-state index in [4.69, 9.17) is 4.74 Å². The largest absolute Gasteiger partial charge is 0.497 e. The van der Waals surface area contributed by atoms with Gasteiger partial charge >= 0.3 is 0 Å². The van der Waals surface area contributed by atoms with E-state index in [-0.39, 0.29) is 11.8 Å². The molecule has 0 aliphatic carbocycles. The average Bonchev–Trinajstić information content (AvgIpc) is 3.17. The fourth-order valence-corrected chi connectivity index (χ4v) is 3.22. The van der Waals surface area contributed by atoms with Gasteiger partial charge in [-0.2, -0.15) is 5.11 Å². The number of imide groups is 1. The maximum atomic E-state index is 12.9. The van der Waals surface area contributed by atoms with Crippen LogP contribution in [0.4, 0.5) is 5.69 Å². The molecule has 2 amide bonds. The first-order chi connectivity index (χ1) is 12.6. The molecule has 0 saturated carbocycles. The van der Waals surface area contributed by atoms with E-state index in [9.17, 15) is 9.59 Å². The highest BCUT2D eigenvalue weighted by Gasteiger charge is 2.54. The van der Waals surface area contributed by atoms with Gasteiger partial charge in [0.05, 0.1) is 19.3 Å². The fraction of sp³-hybridized carbons (Fsp3) is 0.263. The minimum Gasteiger partial charge on any atom is -0.497 e. The van der Waals surface area contributed by atoms with Crippen molar-refractivity contribution in [2.24, 2.45) is 10.3 Å². The molecule has 0 N–H and O–H groups in total. The number of hydrogen-bond donors (Lipinski definition) is 0. The van der Waals surface area contributed by atoms with Crippen LogP contribution in [0.25, 0.3) is 0 Å². The number of anilines is 1. The van der Waals surface area contributed by atoms with E-state index >= 15 is 0 Å². The molecule has 0 aromatic heterocycles. The summed E-state index contributed by atoms with van der Waals surface area (Å²) in [5.41, 5.74) is 2.69. The number of fused-ring (bicyclic) bond motifs is 1. The summed E-state index contributed by atoms with van der Waals surface area (Å²) in [6.07, 6.45) is 0. The van der Waals surface area contributed by atoms with Gasteiger partial charge in [-0.3, -0.25) is 14.6 Å². The number of carbonyl (C=O) groups is 2. The second kappa shape index (κ2) is 6.25. The minimum absolute atomic E-state index is 0.303. The smallest absolute Gasteiger partial charge is 0.263 e. The summed E-state index contributed by atoms with van der Waals surface area (Å²) < 4.78 is 5.12. The first-order valence-electron chi connectivity index (χ1n) is 8.33. The van der Waals surface area contributed by atoms with Gasteiger partial charge in [-0.25, -0.2) is 4.90 Å². The standard InChI is InChI=1S/C19H18N4O3/c1-12-3-5-13(6-4-12)11-22-17-16(20-21-22)18(24)23(19(17)25)14-7-9-15(26-2)10-8-14/h3-10,16-17H,11H2,1-2H3. The van der Waals surface area contributed by atoms with Crippen molar-refractivity contribution in [3.8, 4) is 5.75 Å². The van der Waals surface area contributed by atoms with Gasteiger partial charge in [-0.15, -0.1) is 0 Å². The lowest BCUT2D eigenvalue weighted by Crippen LogP contribution is -2.39. The summed E-state index contributed by atoms with van der Waals surface area (Å²) in [7, 11) is 1.56. The minimum atomic E-state index is -0.782. The third kappa shape index (κ3) is 2.61. The summed E-state index contributed by atoms with van der Waals surface area (Å²) in [5.74, 6) is 0.0105. The van der Waals surface area contributed by atoms with Crippen molar-refractivity contribution in [1.29, 1.82) is 0 Å². The van der Waals surface area contributed by atoms with E-state index in [0.29, 0.717) is 18.0 Å². The second-order valence-electron chi connectivity index (χ2n) is 6.39. The van der Waals surface area contributed by atoms with Gasteiger partial charge in [0.15, 0.2) is 12.1 Å². The van der Waals surface area contributed by atoms with E-state index in [1.165, 1.54) is 4.90 Å². The molecule has 2 heterocycles. The zero-order valence-corrected chi connectivity index (χ0v) is 14.5. The van der Waals surface area contributed by atoms with E-state index < -0.39 is 12.1 Å². The van der Waals surface area contributed by atoms with Gasteiger partial charge in [0, 0.05) is 0 Å². The Hall–Kier alpha value is -3.22. The summed E-state index contributed by atoms with van der Waals surface area (Å²) in [5, 5.41) is 9.71. The highest BCUT2D eigenvalue weighted by atomic mass is 16.5. The molecule has 0 spiro atoms. The Kier molecular flexibility index (Phi) is 3.91. The van der Waals surface area contributed by atoms with E-state index in [0.717, 1.165) is 11.1 Å². The van der Waals surface area contributed by atoms with Crippen molar-refractivity contribution in [2.45, 2.75) is 25.6 Å². The van der Waals surface area contributed by atoms with Crippen LogP contribution in [0.3, 0.4) is 0 Å². The van der Waals surface area contributed by atoms with Crippen LogP contribution in [0.2, 0.25) is 0 Å². The number of nitrogens with zero attached hydrogens (tertiary/aromatic N) is 4. The maximum absolute atomic E-state index is 12.9. The number of hydrogen-bond acceptors (Lipinski definition) is 6. The zero-order valence-electron chi connectivity index (χ0n) is 14.5. The SMILES string of the molecule is COc1ccc(N2C(=O)C3N=NN(Cc4ccc(C)cc4)C3C2=O)cc1. The van der Waals surface area contributed by atoms with Gasteiger partial charge in [0.2, 0.25) is 0 Å². The van der Waals surface area contributed by atoms with Crippen molar-refractivity contribution in [3.05, 3.63) is 59.7 Å². The molecule has 132 valence electrons. The van der Waals surface area contributed by atoms with Crippen LogP contribution in [0, 0.1) is 6.92 Å². The number of amides is 2. The fourth-order valence-electron chi connectivity index (χ4n) is 3.22. The first kappa shape index (κ1) is 16.3. The van der Waals surface area contributed by atoms with Crippen molar-refractivity contribution >= 4 is 17.5 Å². The monoisotopic (exact) mass is 350 g/mol. The Morgan fingerprint density at radius 2 is 1.69 bits per heavy atom. The third-order valence-corrected chi connectivity index (χ3v) is 4.65. The average molecular weight is 350 g/mol. The molecule has 7 heteroatoms. The molecule has 26 heavy (non-hydrogen) atoms. The first-order valence-corrected chi connectivity index (χ1v) is 8.33. The summed E-state index contributed by atoms with van der Waals surface area (Å²) in [6.45, 7) is 2.45. The number of methoxy groups -OCH3 is 1. The third-order valence-electron chi connectivity index (χ3n) is 4.65. The molecule has 7 nitrogen and oxygen atoms in total. The van der Waals surface area contributed by atoms with Crippen LogP contribution in [0.1, 0.15) is 11.1 Å². The Morgan fingerprint density at radius 1 is 1.00 bits per heavy atom. The van der Waals surface area contributed by atoms with Crippen molar-refractivity contribution in [3.63, 3.8) is 0 Å². The molecule has 2 atom stereocenters. The Morgan fingerprint density at radius 3 is 2.35 bits per heavy atom. The molecule has 2 aliphatic heterocycles. The predicted octanol–water partition coefficient (Wildman–Crippen LogP) is 2.50. The highest BCUT2D eigenvalue weighted by Crippen LogP contribution is 2.33. The molecule has 2 aromatic carbocycles. The maximum Gasteiger partial charge on any atom is 0.263 e. The van der Waals surface area contributed by atoms with Gasteiger partial charge in [0.25, 0.3) is 11.8 Å². The molecule has 2 aliphatic rings. The number of carbonyl (C=O) groups excluding carboxylic acids is 2. The predicted molar refractivity (Wildman–Crippen MR) is 94.6 cm³/mol. The molecule has 2 aromatic rings. The molecule has 0 bridgehead atoms. The normalized spacial score (nSPS) is 21.5. The molecule has 1 fully saturated rings. The topological polar surface area (TPSA) is 74.6 Å². The van der Waals surface area contributed by atoms with Crippen molar-refractivity contribution in [1.82, 2.24) is 5.01 Å². The lowest BCUT2D eigenvalue weighted by Gasteiger charge is -2.20. The number of ether oxygens (including phenoxy) is 1. The van der Waals surface area contributed by atoms with Crippen LogP contribution >= 0.6 is 0 Å². The molecular formula is C19H18N4O3. The van der Waals surface area contributed by atoms with Crippen LogP contribution in [-0.2, 0) is 16.1 Å². The van der Waals surface area contributed by atoms with Crippen LogP contribution < -0.4 is 9.64 Å². The Bertz CT molecular complexity index is 877. The molecule has 2 unspecified atom stereocenters. The number of rotatable bonds is 4. The van der Waals surface area contributed by atoms with Gasteiger partial charge in [-0.1, -0.05) is 35.1 Å². The van der Waals surface area contributed by atoms with Crippen LogP contribution in [-0.4, -0.2) is 36.0 Å². The lowest BCUT2D eigenvalue weighted by molar-refractivity contribution is -0.123. The van der Waals surface area contributed by atoms with Crippen LogP contribution in [0.5, 0.6) is 5.75 Å². The molecular weight excluding hydrogens is 332 g/mol. The number of benzene rings is 2. The van der Waals surface area contributed by atoms with Gasteiger partial charge in [-0.05, 0) is 36.8 Å². The van der Waals surface area contributed by atoms with E-state index in [1.807, 2.05) is 31.2 Å². The molecule has 1 saturated heterocycles. The highest BCUT2D eigenvalue weighted by molar-refractivity contribution is 6.25. The van der Waals surface area contributed by atoms with E-state index in [2.05, 4.69) is 10.3 Å². The molecule has 4 rings (SSSR count).